The molecule has 0 amide bonds. The van der Waals surface area contributed by atoms with Crippen molar-refractivity contribution < 1.29 is 5.11 Å². The predicted octanol–water partition coefficient (Wildman–Crippen LogP) is 3.97. The molecule has 19 heavy (non-hydrogen) atoms. The summed E-state index contributed by atoms with van der Waals surface area (Å²) in [6, 6.07) is 9.45. The Hall–Kier alpha value is -1.20. The maximum Gasteiger partial charge on any atom is 0.138 e. The third-order valence-corrected chi connectivity index (χ3v) is 3.57. The van der Waals surface area contributed by atoms with Crippen molar-refractivity contribution in [2.45, 2.75) is 6.42 Å². The molecule has 0 atom stereocenters. The summed E-state index contributed by atoms with van der Waals surface area (Å²) in [6.45, 7) is 0.639. The molecule has 2 rings (SSSR count). The molecule has 0 bridgehead atoms. The van der Waals surface area contributed by atoms with Crippen molar-refractivity contribution in [3.05, 3.63) is 56.7 Å². The topological polar surface area (TPSA) is 45.5 Å². The molecule has 1 aromatic carbocycles. The average molecular weight is 384 g/mol. The van der Waals surface area contributed by atoms with E-state index in [1.165, 1.54) is 0 Å². The maximum absolute atomic E-state index is 9.87. The quantitative estimate of drug-likeness (QED) is 0.811. The molecule has 0 radical (unpaired) electrons. The van der Waals surface area contributed by atoms with Gasteiger partial charge in [0.1, 0.15) is 5.75 Å². The second kappa shape index (κ2) is 6.82. The number of pyridine rings is 1. The standard InChI is InChI=1S/C14H12Br2N2O/c15-11-7-10(14(19)13(16)8-11)9-17-6-4-12-3-1-2-5-18-12/h1-3,5,7-9,19H,4,6H2. The minimum atomic E-state index is 0.199. The Kier molecular flexibility index (Phi) is 5.10. The molecule has 5 heteroatoms. The van der Waals surface area contributed by atoms with Crippen LogP contribution in [0.25, 0.3) is 0 Å². The SMILES string of the molecule is Oc1c(Br)cc(Br)cc1C=NCCc1ccccn1. The molecule has 0 spiro atoms. The van der Waals surface area contributed by atoms with Crippen molar-refractivity contribution in [1.82, 2.24) is 4.98 Å². The average Bonchev–Trinajstić information content (AvgIpc) is 2.41. The number of rotatable bonds is 4. The van der Waals surface area contributed by atoms with Crippen molar-refractivity contribution in [3.63, 3.8) is 0 Å². The van der Waals surface area contributed by atoms with Crippen LogP contribution in [0.2, 0.25) is 0 Å². The number of hydrogen-bond acceptors (Lipinski definition) is 3. The van der Waals surface area contributed by atoms with Gasteiger partial charge in [-0.15, -0.1) is 0 Å². The summed E-state index contributed by atoms with van der Waals surface area (Å²) >= 11 is 6.67. The van der Waals surface area contributed by atoms with Gasteiger partial charge in [0, 0.05) is 41.1 Å². The summed E-state index contributed by atoms with van der Waals surface area (Å²) in [4.78, 5) is 8.54. The first-order valence-corrected chi connectivity index (χ1v) is 7.33. The molecular formula is C14H12Br2N2O. The molecule has 0 saturated carbocycles. The molecule has 1 N–H and O–H groups in total. The summed E-state index contributed by atoms with van der Waals surface area (Å²) < 4.78 is 1.54. The van der Waals surface area contributed by atoms with E-state index in [4.69, 9.17) is 0 Å². The fraction of sp³-hybridized carbons (Fsp3) is 0.143. The van der Waals surface area contributed by atoms with E-state index in [0.717, 1.165) is 16.6 Å². The second-order valence-electron chi connectivity index (χ2n) is 3.93. The third kappa shape index (κ3) is 4.14. The van der Waals surface area contributed by atoms with Crippen molar-refractivity contribution in [2.24, 2.45) is 4.99 Å². The van der Waals surface area contributed by atoms with Gasteiger partial charge >= 0.3 is 0 Å². The first-order chi connectivity index (χ1) is 9.16. The number of hydrogen-bond donors (Lipinski definition) is 1. The smallest absolute Gasteiger partial charge is 0.138 e. The second-order valence-corrected chi connectivity index (χ2v) is 5.70. The van der Waals surface area contributed by atoms with Crippen LogP contribution in [0.4, 0.5) is 0 Å². The van der Waals surface area contributed by atoms with Gasteiger partial charge in [0.05, 0.1) is 4.47 Å². The number of phenolic OH excluding ortho intramolecular Hbond substituents is 1. The van der Waals surface area contributed by atoms with E-state index in [1.54, 1.807) is 18.5 Å². The lowest BCUT2D eigenvalue weighted by molar-refractivity contribution is 0.471. The summed E-state index contributed by atoms with van der Waals surface area (Å²) in [5.41, 5.74) is 1.70. The Labute approximate surface area is 128 Å². The normalized spacial score (nSPS) is 11.1. The Morgan fingerprint density at radius 1 is 1.26 bits per heavy atom. The molecule has 0 aliphatic rings. The zero-order chi connectivity index (χ0) is 13.7. The van der Waals surface area contributed by atoms with Gasteiger partial charge in [-0.25, -0.2) is 0 Å². The number of benzene rings is 1. The molecule has 0 unspecified atom stereocenters. The number of aliphatic imine (C=N–C) groups is 1. The first kappa shape index (κ1) is 14.2. The number of nitrogens with zero attached hydrogens (tertiary/aromatic N) is 2. The number of halogens is 2. The van der Waals surface area contributed by atoms with Crippen LogP contribution in [0, 0.1) is 0 Å². The highest BCUT2D eigenvalue weighted by atomic mass is 79.9. The van der Waals surface area contributed by atoms with Crippen LogP contribution in [0.3, 0.4) is 0 Å². The molecule has 1 aromatic heterocycles. The molecule has 0 aliphatic carbocycles. The van der Waals surface area contributed by atoms with E-state index in [-0.39, 0.29) is 5.75 Å². The molecule has 0 fully saturated rings. The van der Waals surface area contributed by atoms with E-state index in [9.17, 15) is 5.11 Å². The monoisotopic (exact) mass is 382 g/mol. The lowest BCUT2D eigenvalue weighted by Crippen LogP contribution is -1.93. The van der Waals surface area contributed by atoms with E-state index >= 15 is 0 Å². The van der Waals surface area contributed by atoms with Crippen molar-refractivity contribution in [1.29, 1.82) is 0 Å². The van der Waals surface area contributed by atoms with Crippen LogP contribution in [0.15, 0.2) is 50.5 Å². The van der Waals surface area contributed by atoms with Gasteiger partial charge < -0.3 is 5.11 Å². The fourth-order valence-corrected chi connectivity index (χ4v) is 2.83. The zero-order valence-electron chi connectivity index (χ0n) is 10.1. The van der Waals surface area contributed by atoms with E-state index < -0.39 is 0 Å². The lowest BCUT2D eigenvalue weighted by atomic mass is 10.2. The Morgan fingerprint density at radius 3 is 2.84 bits per heavy atom. The Balaban J connectivity index is 2.00. The summed E-state index contributed by atoms with van der Waals surface area (Å²) in [5, 5.41) is 9.87. The van der Waals surface area contributed by atoms with E-state index in [1.807, 2.05) is 24.3 Å². The van der Waals surface area contributed by atoms with Gasteiger partial charge in [-0.05, 0) is 40.2 Å². The van der Waals surface area contributed by atoms with Crippen LogP contribution >= 0.6 is 31.9 Å². The summed E-state index contributed by atoms with van der Waals surface area (Å²) in [5.74, 6) is 0.199. The van der Waals surface area contributed by atoms with Crippen LogP contribution in [0.5, 0.6) is 5.75 Å². The van der Waals surface area contributed by atoms with Crippen molar-refractivity contribution in [3.8, 4) is 5.75 Å². The van der Waals surface area contributed by atoms with Crippen LogP contribution < -0.4 is 0 Å². The van der Waals surface area contributed by atoms with Gasteiger partial charge in [-0.3, -0.25) is 9.98 Å². The van der Waals surface area contributed by atoms with Gasteiger partial charge in [0.15, 0.2) is 0 Å². The van der Waals surface area contributed by atoms with E-state index in [0.29, 0.717) is 16.6 Å². The van der Waals surface area contributed by atoms with Gasteiger partial charge in [-0.1, -0.05) is 22.0 Å². The van der Waals surface area contributed by atoms with Crippen LogP contribution in [-0.2, 0) is 6.42 Å². The molecule has 1 heterocycles. The Morgan fingerprint density at radius 2 is 2.11 bits per heavy atom. The van der Waals surface area contributed by atoms with Gasteiger partial charge in [0.25, 0.3) is 0 Å². The molecule has 0 aliphatic heterocycles. The number of phenols is 1. The lowest BCUT2D eigenvalue weighted by Gasteiger charge is -2.02. The molecule has 2 aromatic rings. The summed E-state index contributed by atoms with van der Waals surface area (Å²) in [6.07, 6.45) is 4.23. The number of aromatic nitrogens is 1. The predicted molar refractivity (Wildman–Crippen MR) is 83.9 cm³/mol. The van der Waals surface area contributed by atoms with Crippen molar-refractivity contribution >= 4 is 38.1 Å². The molecule has 98 valence electrons. The first-order valence-electron chi connectivity index (χ1n) is 5.74. The summed E-state index contributed by atoms with van der Waals surface area (Å²) in [7, 11) is 0. The minimum absolute atomic E-state index is 0.199. The highest BCUT2D eigenvalue weighted by molar-refractivity contribution is 9.11. The Bertz CT molecular complexity index is 585. The van der Waals surface area contributed by atoms with Gasteiger partial charge in [0.2, 0.25) is 0 Å². The van der Waals surface area contributed by atoms with Crippen molar-refractivity contribution in [2.75, 3.05) is 6.54 Å². The van der Waals surface area contributed by atoms with Crippen LogP contribution in [-0.4, -0.2) is 22.8 Å². The fourth-order valence-electron chi connectivity index (χ4n) is 1.57. The number of aromatic hydroxyl groups is 1. The molecule has 3 nitrogen and oxygen atoms in total. The largest absolute Gasteiger partial charge is 0.506 e. The minimum Gasteiger partial charge on any atom is -0.506 e. The van der Waals surface area contributed by atoms with E-state index in [2.05, 4.69) is 41.8 Å². The highest BCUT2D eigenvalue weighted by Crippen LogP contribution is 2.30. The maximum atomic E-state index is 9.87. The molecule has 0 saturated heterocycles. The van der Waals surface area contributed by atoms with Gasteiger partial charge in [-0.2, -0.15) is 0 Å². The zero-order valence-corrected chi connectivity index (χ0v) is 13.2. The molecular weight excluding hydrogens is 372 g/mol. The third-order valence-electron chi connectivity index (χ3n) is 2.51. The van der Waals surface area contributed by atoms with Crippen LogP contribution in [0.1, 0.15) is 11.3 Å². The highest BCUT2D eigenvalue weighted by Gasteiger charge is 2.04.